The number of halogens is 1. The van der Waals surface area contributed by atoms with E-state index in [0.29, 0.717) is 38.4 Å². The van der Waals surface area contributed by atoms with Crippen LogP contribution in [0.1, 0.15) is 15.9 Å². The van der Waals surface area contributed by atoms with Gasteiger partial charge in [-0.2, -0.15) is 0 Å². The highest BCUT2D eigenvalue weighted by molar-refractivity contribution is 6.33. The number of carbonyl (C=O) groups excluding carboxylic acids is 1. The number of rotatable bonds is 4. The summed E-state index contributed by atoms with van der Waals surface area (Å²) in [7, 11) is 0. The summed E-state index contributed by atoms with van der Waals surface area (Å²) in [5.41, 5.74) is 3.50. The van der Waals surface area contributed by atoms with Gasteiger partial charge in [0, 0.05) is 33.8 Å². The molecule has 0 fully saturated rings. The van der Waals surface area contributed by atoms with E-state index >= 15 is 0 Å². The Morgan fingerprint density at radius 1 is 1.03 bits per heavy atom. The van der Waals surface area contributed by atoms with Crippen LogP contribution >= 0.6 is 11.6 Å². The number of amides is 1. The summed E-state index contributed by atoms with van der Waals surface area (Å²) in [5, 5.41) is 15.0. The number of fused-ring (bicyclic) bond motifs is 1. The van der Waals surface area contributed by atoms with Crippen molar-refractivity contribution in [2.75, 3.05) is 5.32 Å². The highest BCUT2D eigenvalue weighted by Gasteiger charge is 2.17. The summed E-state index contributed by atoms with van der Waals surface area (Å²) in [4.78, 5) is 28.3. The Labute approximate surface area is 177 Å². The van der Waals surface area contributed by atoms with Crippen LogP contribution in [0.3, 0.4) is 0 Å². The summed E-state index contributed by atoms with van der Waals surface area (Å²) >= 11 is 6.34. The van der Waals surface area contributed by atoms with Gasteiger partial charge in [0.1, 0.15) is 0 Å². The van der Waals surface area contributed by atoms with Gasteiger partial charge in [-0.05, 0) is 36.8 Å². The van der Waals surface area contributed by atoms with Crippen LogP contribution in [0.15, 0.2) is 72.8 Å². The lowest BCUT2D eigenvalue weighted by Crippen LogP contribution is -2.14. The average Bonchev–Trinajstić information content (AvgIpc) is 2.74. The first-order chi connectivity index (χ1) is 14.4. The van der Waals surface area contributed by atoms with Gasteiger partial charge < -0.3 is 5.32 Å². The second-order valence-corrected chi connectivity index (χ2v) is 7.17. The second kappa shape index (κ2) is 7.93. The third kappa shape index (κ3) is 3.73. The quantitative estimate of drug-likeness (QED) is 0.324. The van der Waals surface area contributed by atoms with Crippen LogP contribution in [-0.2, 0) is 0 Å². The molecule has 4 aromatic rings. The van der Waals surface area contributed by atoms with Gasteiger partial charge in [0.15, 0.2) is 0 Å². The molecule has 1 N–H and O–H groups in total. The number of nitrogens with zero attached hydrogens (tertiary/aromatic N) is 2. The molecule has 0 radical (unpaired) electrons. The van der Waals surface area contributed by atoms with Crippen LogP contribution in [0.5, 0.6) is 0 Å². The predicted octanol–water partition coefficient (Wildman–Crippen LogP) is 6.02. The summed E-state index contributed by atoms with van der Waals surface area (Å²) in [6.07, 6.45) is 0. The zero-order valence-corrected chi connectivity index (χ0v) is 16.7. The molecule has 1 heterocycles. The van der Waals surface area contributed by atoms with Crippen molar-refractivity contribution in [2.45, 2.75) is 6.92 Å². The molecular formula is C23H16ClN3O3. The van der Waals surface area contributed by atoms with Crippen LogP contribution in [-0.4, -0.2) is 15.8 Å². The van der Waals surface area contributed by atoms with Crippen molar-refractivity contribution < 1.29 is 9.72 Å². The van der Waals surface area contributed by atoms with Gasteiger partial charge in [-0.3, -0.25) is 14.9 Å². The minimum Gasteiger partial charge on any atom is -0.322 e. The third-order valence-corrected chi connectivity index (χ3v) is 5.11. The Morgan fingerprint density at radius 3 is 2.50 bits per heavy atom. The molecule has 0 aliphatic rings. The van der Waals surface area contributed by atoms with E-state index in [1.54, 1.807) is 19.1 Å². The maximum absolute atomic E-state index is 13.2. The highest BCUT2D eigenvalue weighted by Crippen LogP contribution is 2.30. The number of pyridine rings is 1. The van der Waals surface area contributed by atoms with E-state index in [-0.39, 0.29) is 11.6 Å². The van der Waals surface area contributed by atoms with E-state index in [1.807, 2.05) is 42.5 Å². The van der Waals surface area contributed by atoms with Gasteiger partial charge in [0.2, 0.25) is 0 Å². The van der Waals surface area contributed by atoms with E-state index in [4.69, 9.17) is 11.6 Å². The number of nitro benzene ring substituents is 1. The molecule has 0 atom stereocenters. The molecule has 0 aliphatic heterocycles. The van der Waals surface area contributed by atoms with Crippen molar-refractivity contribution >= 4 is 39.8 Å². The van der Waals surface area contributed by atoms with Gasteiger partial charge in [-0.1, -0.05) is 48.0 Å². The summed E-state index contributed by atoms with van der Waals surface area (Å²) in [5.74, 6) is -0.334. The second-order valence-electron chi connectivity index (χ2n) is 6.76. The molecule has 0 saturated heterocycles. The molecule has 7 heteroatoms. The Bertz CT molecular complexity index is 1300. The number of para-hydroxylation sites is 1. The molecule has 0 saturated carbocycles. The third-order valence-electron chi connectivity index (χ3n) is 4.78. The van der Waals surface area contributed by atoms with Crippen molar-refractivity contribution in [3.63, 3.8) is 0 Å². The Kier molecular flexibility index (Phi) is 5.16. The number of anilines is 1. The molecule has 1 aromatic heterocycles. The number of hydrogen-bond acceptors (Lipinski definition) is 4. The Hall–Kier alpha value is -3.77. The molecule has 0 bridgehead atoms. The molecular weight excluding hydrogens is 402 g/mol. The topological polar surface area (TPSA) is 85.1 Å². The van der Waals surface area contributed by atoms with Gasteiger partial charge in [0.05, 0.1) is 21.7 Å². The fraction of sp³-hybridized carbons (Fsp3) is 0.0435. The molecule has 0 aliphatic carbocycles. The molecule has 30 heavy (non-hydrogen) atoms. The monoisotopic (exact) mass is 417 g/mol. The predicted molar refractivity (Wildman–Crippen MR) is 118 cm³/mol. The molecule has 1 amide bonds. The first-order valence-corrected chi connectivity index (χ1v) is 9.53. The van der Waals surface area contributed by atoms with Gasteiger partial charge >= 0.3 is 0 Å². The first kappa shape index (κ1) is 19.5. The van der Waals surface area contributed by atoms with Crippen LogP contribution < -0.4 is 5.32 Å². The molecule has 0 spiro atoms. The fourth-order valence-electron chi connectivity index (χ4n) is 3.26. The van der Waals surface area contributed by atoms with Crippen molar-refractivity contribution in [1.82, 2.24) is 4.98 Å². The Morgan fingerprint density at radius 2 is 1.77 bits per heavy atom. The summed E-state index contributed by atoms with van der Waals surface area (Å²) < 4.78 is 0. The zero-order chi connectivity index (χ0) is 21.3. The lowest BCUT2D eigenvalue weighted by atomic mass is 10.0. The smallest absolute Gasteiger partial charge is 0.269 e. The van der Waals surface area contributed by atoms with Crippen LogP contribution in [0.25, 0.3) is 22.2 Å². The van der Waals surface area contributed by atoms with Crippen molar-refractivity contribution in [1.29, 1.82) is 0 Å². The maximum atomic E-state index is 13.2. The van der Waals surface area contributed by atoms with E-state index in [0.717, 1.165) is 5.56 Å². The maximum Gasteiger partial charge on any atom is 0.269 e. The van der Waals surface area contributed by atoms with Gasteiger partial charge in [-0.15, -0.1) is 0 Å². The molecule has 3 aromatic carbocycles. The fourth-order valence-corrected chi connectivity index (χ4v) is 3.49. The number of aromatic nitrogens is 1. The number of aryl methyl sites for hydroxylation is 1. The molecule has 0 unspecified atom stereocenters. The number of non-ortho nitro benzene ring substituents is 1. The first-order valence-electron chi connectivity index (χ1n) is 9.15. The lowest BCUT2D eigenvalue weighted by molar-refractivity contribution is -0.384. The SMILES string of the molecule is Cc1cc([N+](=O)[O-])ccc1NC(=O)c1cc(-c2ccccc2Cl)nc2ccccc12. The molecule has 4 rings (SSSR count). The lowest BCUT2D eigenvalue weighted by Gasteiger charge is -2.12. The van der Waals surface area contributed by atoms with Crippen molar-refractivity contribution in [2.24, 2.45) is 0 Å². The van der Waals surface area contributed by atoms with E-state index in [2.05, 4.69) is 10.3 Å². The van der Waals surface area contributed by atoms with Crippen molar-refractivity contribution in [3.8, 4) is 11.3 Å². The minimum absolute atomic E-state index is 0.0270. The average molecular weight is 418 g/mol. The number of nitrogens with one attached hydrogen (secondary N) is 1. The Balaban J connectivity index is 1.79. The number of carbonyl (C=O) groups is 1. The molecule has 148 valence electrons. The standard InChI is InChI=1S/C23H16ClN3O3/c1-14-12-15(27(29)30)10-11-20(14)26-23(28)18-13-22(17-7-2-4-8-19(17)24)25-21-9-5-3-6-16(18)21/h2-13H,1H3,(H,26,28). The van der Waals surface area contributed by atoms with E-state index in [9.17, 15) is 14.9 Å². The number of benzene rings is 3. The largest absolute Gasteiger partial charge is 0.322 e. The number of nitro groups is 1. The summed E-state index contributed by atoms with van der Waals surface area (Å²) in [6, 6.07) is 20.7. The van der Waals surface area contributed by atoms with Crippen LogP contribution in [0.4, 0.5) is 11.4 Å². The van der Waals surface area contributed by atoms with E-state index < -0.39 is 4.92 Å². The van der Waals surface area contributed by atoms with Crippen LogP contribution in [0, 0.1) is 17.0 Å². The number of hydrogen-bond donors (Lipinski definition) is 1. The highest BCUT2D eigenvalue weighted by atomic mass is 35.5. The zero-order valence-electron chi connectivity index (χ0n) is 15.9. The van der Waals surface area contributed by atoms with Crippen LogP contribution in [0.2, 0.25) is 5.02 Å². The normalized spacial score (nSPS) is 10.7. The summed E-state index contributed by atoms with van der Waals surface area (Å²) in [6.45, 7) is 1.71. The van der Waals surface area contributed by atoms with Crippen molar-refractivity contribution in [3.05, 3.63) is 99.1 Å². The minimum atomic E-state index is -0.467. The van der Waals surface area contributed by atoms with E-state index in [1.165, 1.54) is 18.2 Å². The molecule has 6 nitrogen and oxygen atoms in total. The van der Waals surface area contributed by atoms with Gasteiger partial charge in [-0.25, -0.2) is 4.98 Å². The van der Waals surface area contributed by atoms with Gasteiger partial charge in [0.25, 0.3) is 11.6 Å².